The molecule has 0 aromatic heterocycles. The molecule has 0 rings (SSSR count). The van der Waals surface area contributed by atoms with Gasteiger partial charge in [0.1, 0.15) is 5.84 Å². The van der Waals surface area contributed by atoms with Crippen molar-refractivity contribution in [3.8, 4) is 0 Å². The second-order valence-corrected chi connectivity index (χ2v) is 3.58. The molecule has 0 aliphatic heterocycles. The average molecular weight is 202 g/mol. The van der Waals surface area contributed by atoms with E-state index in [0.717, 1.165) is 0 Å². The van der Waals surface area contributed by atoms with Crippen LogP contribution in [0.1, 0.15) is 20.8 Å². The van der Waals surface area contributed by atoms with Crippen molar-refractivity contribution in [3.05, 3.63) is 0 Å². The van der Waals surface area contributed by atoms with Gasteiger partial charge in [-0.15, -0.1) is 0 Å². The first-order chi connectivity index (χ1) is 6.44. The molecule has 6 heteroatoms. The minimum absolute atomic E-state index is 0.0919. The van der Waals surface area contributed by atoms with Crippen molar-refractivity contribution in [1.82, 2.24) is 10.6 Å². The molecule has 0 spiro atoms. The van der Waals surface area contributed by atoms with Crippen molar-refractivity contribution in [2.75, 3.05) is 13.1 Å². The van der Waals surface area contributed by atoms with E-state index in [4.69, 9.17) is 10.9 Å². The predicted molar refractivity (Wildman–Crippen MR) is 54.3 cm³/mol. The van der Waals surface area contributed by atoms with E-state index in [2.05, 4.69) is 15.8 Å². The van der Waals surface area contributed by atoms with Gasteiger partial charge in [-0.3, -0.25) is 0 Å². The number of hydrogen-bond acceptors (Lipinski definition) is 3. The van der Waals surface area contributed by atoms with Gasteiger partial charge in [0.15, 0.2) is 0 Å². The Hall–Kier alpha value is -1.46. The molecule has 82 valence electrons. The highest BCUT2D eigenvalue weighted by Gasteiger charge is 2.24. The van der Waals surface area contributed by atoms with Gasteiger partial charge in [-0.05, 0) is 6.92 Å². The number of carbonyl (C=O) groups excluding carboxylic acids is 1. The van der Waals surface area contributed by atoms with Crippen LogP contribution in [0.2, 0.25) is 0 Å². The lowest BCUT2D eigenvalue weighted by atomic mass is 9.92. The topological polar surface area (TPSA) is 99.7 Å². The van der Waals surface area contributed by atoms with Gasteiger partial charge in [-0.1, -0.05) is 19.0 Å². The standard InChI is InChI=1S/C8H18N4O2/c1-4-10-7(13)11-5-8(2,3)6(9)12-14/h14H,4-5H2,1-3H3,(H2,9,12)(H2,10,11,13). The smallest absolute Gasteiger partial charge is 0.314 e. The number of carbonyl (C=O) groups is 1. The Bertz CT molecular complexity index is 225. The van der Waals surface area contributed by atoms with Gasteiger partial charge in [-0.25, -0.2) is 4.79 Å². The van der Waals surface area contributed by atoms with Crippen molar-refractivity contribution in [1.29, 1.82) is 0 Å². The van der Waals surface area contributed by atoms with E-state index >= 15 is 0 Å². The molecular formula is C8H18N4O2. The highest BCUT2D eigenvalue weighted by Crippen LogP contribution is 2.12. The lowest BCUT2D eigenvalue weighted by Gasteiger charge is -2.22. The van der Waals surface area contributed by atoms with Crippen LogP contribution in [0.3, 0.4) is 0 Å². The minimum Gasteiger partial charge on any atom is -0.409 e. The van der Waals surface area contributed by atoms with E-state index in [1.54, 1.807) is 13.8 Å². The summed E-state index contributed by atoms with van der Waals surface area (Å²) in [6.45, 7) is 6.25. The maximum atomic E-state index is 11.0. The van der Waals surface area contributed by atoms with Crippen molar-refractivity contribution in [3.63, 3.8) is 0 Å². The van der Waals surface area contributed by atoms with E-state index in [0.29, 0.717) is 13.1 Å². The molecule has 0 atom stereocenters. The Morgan fingerprint density at radius 2 is 2.07 bits per heavy atom. The van der Waals surface area contributed by atoms with Crippen LogP contribution in [-0.2, 0) is 0 Å². The Kier molecular flexibility index (Phi) is 4.76. The van der Waals surface area contributed by atoms with Crippen LogP contribution in [-0.4, -0.2) is 30.2 Å². The van der Waals surface area contributed by atoms with Gasteiger partial charge < -0.3 is 21.6 Å². The zero-order valence-corrected chi connectivity index (χ0v) is 8.79. The van der Waals surface area contributed by atoms with Crippen LogP contribution in [0.15, 0.2) is 5.16 Å². The first-order valence-corrected chi connectivity index (χ1v) is 4.43. The van der Waals surface area contributed by atoms with E-state index in [-0.39, 0.29) is 11.9 Å². The Morgan fingerprint density at radius 3 is 2.50 bits per heavy atom. The van der Waals surface area contributed by atoms with Gasteiger partial charge in [0, 0.05) is 18.5 Å². The summed E-state index contributed by atoms with van der Waals surface area (Å²) in [6, 6.07) is -0.258. The zero-order chi connectivity index (χ0) is 11.2. The molecule has 0 fully saturated rings. The fourth-order valence-electron chi connectivity index (χ4n) is 0.750. The third-order valence-corrected chi connectivity index (χ3v) is 1.83. The summed E-state index contributed by atoms with van der Waals surface area (Å²) in [5.41, 5.74) is 4.88. The molecule has 0 aromatic carbocycles. The highest BCUT2D eigenvalue weighted by atomic mass is 16.4. The molecule has 0 aliphatic rings. The normalized spacial score (nSPS) is 12.4. The molecule has 5 N–H and O–H groups in total. The third kappa shape index (κ3) is 3.97. The fourth-order valence-corrected chi connectivity index (χ4v) is 0.750. The zero-order valence-electron chi connectivity index (χ0n) is 8.79. The van der Waals surface area contributed by atoms with E-state index in [1.165, 1.54) is 0 Å². The number of nitrogens with one attached hydrogen (secondary N) is 2. The Morgan fingerprint density at radius 1 is 1.50 bits per heavy atom. The number of urea groups is 1. The van der Waals surface area contributed by atoms with Gasteiger partial charge in [0.05, 0.1) is 0 Å². The summed E-state index contributed by atoms with van der Waals surface area (Å²) >= 11 is 0. The minimum atomic E-state index is -0.556. The predicted octanol–water partition coefficient (Wildman–Crippen LogP) is 0.0781. The maximum Gasteiger partial charge on any atom is 0.314 e. The van der Waals surface area contributed by atoms with Crippen molar-refractivity contribution < 1.29 is 10.0 Å². The molecule has 2 amide bonds. The molecule has 0 unspecified atom stereocenters. The SMILES string of the molecule is CCNC(=O)NCC(C)(C)C(N)=NO. The number of amides is 2. The summed E-state index contributed by atoms with van der Waals surface area (Å²) in [7, 11) is 0. The lowest BCUT2D eigenvalue weighted by molar-refractivity contribution is 0.238. The number of oxime groups is 1. The number of amidine groups is 1. The molecule has 0 radical (unpaired) electrons. The summed E-state index contributed by atoms with van der Waals surface area (Å²) < 4.78 is 0. The number of nitrogens with zero attached hydrogens (tertiary/aromatic N) is 1. The monoisotopic (exact) mass is 202 g/mol. The molecule has 0 bridgehead atoms. The summed E-state index contributed by atoms with van der Waals surface area (Å²) in [4.78, 5) is 11.0. The van der Waals surface area contributed by atoms with Crippen molar-refractivity contribution in [2.24, 2.45) is 16.3 Å². The molecule has 6 nitrogen and oxygen atoms in total. The van der Waals surface area contributed by atoms with E-state index in [9.17, 15) is 4.79 Å². The summed E-state index contributed by atoms with van der Waals surface area (Å²) in [6.07, 6.45) is 0. The highest BCUT2D eigenvalue weighted by molar-refractivity contribution is 5.86. The van der Waals surface area contributed by atoms with Crippen molar-refractivity contribution in [2.45, 2.75) is 20.8 Å². The summed E-state index contributed by atoms with van der Waals surface area (Å²) in [5.74, 6) is 0.0919. The maximum absolute atomic E-state index is 11.0. The van der Waals surface area contributed by atoms with Crippen LogP contribution in [0.25, 0.3) is 0 Å². The van der Waals surface area contributed by atoms with E-state index < -0.39 is 5.41 Å². The van der Waals surface area contributed by atoms with Gasteiger partial charge in [0.25, 0.3) is 0 Å². The molecule has 14 heavy (non-hydrogen) atoms. The fraction of sp³-hybridized carbons (Fsp3) is 0.750. The largest absolute Gasteiger partial charge is 0.409 e. The Balaban J connectivity index is 4.05. The third-order valence-electron chi connectivity index (χ3n) is 1.83. The van der Waals surface area contributed by atoms with Crippen LogP contribution in [0, 0.1) is 5.41 Å². The summed E-state index contributed by atoms with van der Waals surface area (Å²) in [5, 5.41) is 16.6. The number of rotatable bonds is 4. The van der Waals surface area contributed by atoms with E-state index in [1.807, 2.05) is 6.92 Å². The second-order valence-electron chi connectivity index (χ2n) is 3.58. The first-order valence-electron chi connectivity index (χ1n) is 4.43. The second kappa shape index (κ2) is 5.31. The lowest BCUT2D eigenvalue weighted by Crippen LogP contribution is -2.45. The van der Waals surface area contributed by atoms with Crippen LogP contribution in [0.5, 0.6) is 0 Å². The molecule has 0 aromatic rings. The average Bonchev–Trinajstić information content (AvgIpc) is 2.14. The molecule has 0 saturated carbocycles. The van der Waals surface area contributed by atoms with Crippen LogP contribution in [0.4, 0.5) is 4.79 Å². The van der Waals surface area contributed by atoms with Gasteiger partial charge in [0.2, 0.25) is 0 Å². The van der Waals surface area contributed by atoms with Gasteiger partial charge >= 0.3 is 6.03 Å². The Labute approximate surface area is 83.5 Å². The quantitative estimate of drug-likeness (QED) is 0.225. The van der Waals surface area contributed by atoms with Crippen LogP contribution >= 0.6 is 0 Å². The van der Waals surface area contributed by atoms with Gasteiger partial charge in [-0.2, -0.15) is 0 Å². The van der Waals surface area contributed by atoms with Crippen LogP contribution < -0.4 is 16.4 Å². The molecule has 0 aliphatic carbocycles. The molecular weight excluding hydrogens is 184 g/mol. The number of hydrogen-bond donors (Lipinski definition) is 4. The molecule has 0 saturated heterocycles. The van der Waals surface area contributed by atoms with Crippen molar-refractivity contribution >= 4 is 11.9 Å². The number of nitrogens with two attached hydrogens (primary N) is 1. The molecule has 0 heterocycles. The first kappa shape index (κ1) is 12.5.